The molecular weight excluding hydrogens is 316 g/mol. The van der Waals surface area contributed by atoms with Gasteiger partial charge in [-0.3, -0.25) is 18.7 Å². The predicted molar refractivity (Wildman–Crippen MR) is 65.9 cm³/mol. The van der Waals surface area contributed by atoms with Gasteiger partial charge < -0.3 is 14.8 Å². The highest BCUT2D eigenvalue weighted by atomic mass is 31.2. The number of aromatic nitrogens is 2. The maximum absolute atomic E-state index is 12.6. The number of hydrogen-bond acceptors (Lipinski definition) is 3. The summed E-state index contributed by atoms with van der Waals surface area (Å²) < 4.78 is 49.2. The van der Waals surface area contributed by atoms with Gasteiger partial charge in [-0.15, -0.1) is 0 Å². The van der Waals surface area contributed by atoms with Gasteiger partial charge in [0.2, 0.25) is 0 Å². The van der Waals surface area contributed by atoms with Crippen LogP contribution >= 0.6 is 7.60 Å². The lowest BCUT2D eigenvalue weighted by molar-refractivity contribution is -0.137. The van der Waals surface area contributed by atoms with Gasteiger partial charge >= 0.3 is 24.9 Å². The lowest BCUT2D eigenvalue weighted by Crippen LogP contribution is -2.36. The lowest BCUT2D eigenvalue weighted by Gasteiger charge is -2.12. The van der Waals surface area contributed by atoms with Crippen molar-refractivity contribution >= 4 is 18.6 Å². The fourth-order valence-corrected chi connectivity index (χ4v) is 2.43. The summed E-state index contributed by atoms with van der Waals surface area (Å²) in [6.45, 7) is 0. The van der Waals surface area contributed by atoms with Gasteiger partial charge in [0.15, 0.2) is 0 Å². The average Bonchev–Trinajstić information content (AvgIpc) is 2.31. The summed E-state index contributed by atoms with van der Waals surface area (Å²) in [6.07, 6.45) is -5.76. The summed E-state index contributed by atoms with van der Waals surface area (Å²) in [4.78, 5) is 42.7. The monoisotopic (exact) mass is 324 g/mol. The van der Waals surface area contributed by atoms with E-state index in [0.29, 0.717) is 16.7 Å². The fourth-order valence-electron chi connectivity index (χ4n) is 1.78. The Bertz CT molecular complexity index is 864. The van der Waals surface area contributed by atoms with Crippen LogP contribution in [0.15, 0.2) is 27.8 Å². The first kappa shape index (κ1) is 15.5. The number of halogens is 3. The van der Waals surface area contributed by atoms with E-state index >= 15 is 0 Å². The molecule has 2 rings (SSSR count). The van der Waals surface area contributed by atoms with Gasteiger partial charge in [0, 0.05) is 0 Å². The van der Waals surface area contributed by atoms with E-state index in [1.54, 1.807) is 0 Å². The van der Waals surface area contributed by atoms with Crippen LogP contribution in [0.4, 0.5) is 13.2 Å². The van der Waals surface area contributed by atoms with Crippen LogP contribution in [0.1, 0.15) is 5.56 Å². The van der Waals surface area contributed by atoms with Crippen LogP contribution in [0.5, 0.6) is 0 Å². The molecular formula is C10H8F3N2O5P. The molecule has 114 valence electrons. The highest BCUT2D eigenvalue weighted by molar-refractivity contribution is 7.50. The van der Waals surface area contributed by atoms with Crippen LogP contribution in [0.3, 0.4) is 0 Å². The first-order valence-corrected chi connectivity index (χ1v) is 7.17. The van der Waals surface area contributed by atoms with E-state index in [4.69, 9.17) is 9.79 Å². The molecule has 2 aromatic rings. The third-order valence-electron chi connectivity index (χ3n) is 2.63. The van der Waals surface area contributed by atoms with E-state index in [0.717, 1.165) is 6.07 Å². The van der Waals surface area contributed by atoms with Gasteiger partial charge in [-0.05, 0) is 18.2 Å². The molecule has 21 heavy (non-hydrogen) atoms. The quantitative estimate of drug-likeness (QED) is 0.560. The van der Waals surface area contributed by atoms with E-state index in [9.17, 15) is 27.3 Å². The molecule has 3 N–H and O–H groups in total. The molecule has 1 aromatic carbocycles. The van der Waals surface area contributed by atoms with Crippen molar-refractivity contribution < 1.29 is 27.5 Å². The van der Waals surface area contributed by atoms with Crippen LogP contribution in [-0.2, 0) is 17.0 Å². The summed E-state index contributed by atoms with van der Waals surface area (Å²) in [6, 6.07) is 2.10. The van der Waals surface area contributed by atoms with Crippen LogP contribution in [0, 0.1) is 0 Å². The second-order valence-electron chi connectivity index (χ2n) is 4.22. The molecule has 0 atom stereocenters. The third-order valence-corrected chi connectivity index (χ3v) is 3.28. The van der Waals surface area contributed by atoms with Crippen LogP contribution in [0.25, 0.3) is 11.0 Å². The van der Waals surface area contributed by atoms with Gasteiger partial charge in [-0.2, -0.15) is 13.2 Å². The second-order valence-corrected chi connectivity index (χ2v) is 5.84. The molecule has 0 saturated heterocycles. The molecule has 0 saturated carbocycles. The zero-order valence-corrected chi connectivity index (χ0v) is 11.0. The standard InChI is InChI=1S/C10H8F3N2O5P/c11-10(12,13)5-1-2-7-6(3-5)14-8(16)9(17)15(7)4-21(18,19)20/h1-3H,4H2,(H,14,16)(H2,18,19,20). The molecule has 1 heterocycles. The second kappa shape index (κ2) is 4.83. The van der Waals surface area contributed by atoms with Crippen molar-refractivity contribution in [2.24, 2.45) is 0 Å². The molecule has 0 bridgehead atoms. The van der Waals surface area contributed by atoms with E-state index < -0.39 is 36.7 Å². The van der Waals surface area contributed by atoms with Gasteiger partial charge in [-0.1, -0.05) is 0 Å². The average molecular weight is 324 g/mol. The van der Waals surface area contributed by atoms with Crippen molar-refractivity contribution in [3.63, 3.8) is 0 Å². The molecule has 0 amide bonds. The topological polar surface area (TPSA) is 112 Å². The van der Waals surface area contributed by atoms with Crippen molar-refractivity contribution in [2.45, 2.75) is 12.5 Å². The zero-order chi connectivity index (χ0) is 16.0. The van der Waals surface area contributed by atoms with Gasteiger partial charge in [0.05, 0.1) is 16.6 Å². The Morgan fingerprint density at radius 2 is 1.86 bits per heavy atom. The molecule has 0 radical (unpaired) electrons. The number of rotatable bonds is 2. The molecule has 0 unspecified atom stereocenters. The number of nitrogens with zero attached hydrogens (tertiary/aromatic N) is 1. The Hall–Kier alpha value is -1.90. The normalized spacial score (nSPS) is 12.8. The Morgan fingerprint density at radius 3 is 2.38 bits per heavy atom. The molecule has 7 nitrogen and oxygen atoms in total. The summed E-state index contributed by atoms with van der Waals surface area (Å²) in [5, 5.41) is 0. The number of H-pyrrole nitrogens is 1. The molecule has 0 aliphatic heterocycles. The van der Waals surface area contributed by atoms with Gasteiger partial charge in [0.25, 0.3) is 0 Å². The number of benzene rings is 1. The zero-order valence-electron chi connectivity index (χ0n) is 10.1. The summed E-state index contributed by atoms with van der Waals surface area (Å²) in [5.74, 6) is 0. The first-order chi connectivity index (χ1) is 9.49. The number of hydrogen-bond donors (Lipinski definition) is 3. The predicted octanol–water partition coefficient (Wildman–Crippen LogP) is 0.844. The number of alkyl halides is 3. The number of nitrogens with one attached hydrogen (secondary N) is 1. The lowest BCUT2D eigenvalue weighted by atomic mass is 10.2. The van der Waals surface area contributed by atoms with Gasteiger partial charge in [-0.25, -0.2) is 0 Å². The smallest absolute Gasteiger partial charge is 0.323 e. The molecule has 0 aliphatic rings. The maximum Gasteiger partial charge on any atom is 0.416 e. The summed E-state index contributed by atoms with van der Waals surface area (Å²) in [7, 11) is -4.70. The minimum Gasteiger partial charge on any atom is -0.323 e. The van der Waals surface area contributed by atoms with E-state index in [1.165, 1.54) is 0 Å². The fraction of sp³-hybridized carbons (Fsp3) is 0.200. The highest BCUT2D eigenvalue weighted by Crippen LogP contribution is 2.37. The van der Waals surface area contributed by atoms with Crippen molar-refractivity contribution in [1.29, 1.82) is 0 Å². The minimum absolute atomic E-state index is 0.212. The molecule has 11 heteroatoms. The molecule has 0 aliphatic carbocycles. The van der Waals surface area contributed by atoms with Crippen molar-refractivity contribution in [1.82, 2.24) is 9.55 Å². The molecule has 0 spiro atoms. The summed E-state index contributed by atoms with van der Waals surface area (Å²) in [5.41, 5.74) is -4.15. The Labute approximate surface area is 113 Å². The van der Waals surface area contributed by atoms with Crippen molar-refractivity contribution in [2.75, 3.05) is 0 Å². The van der Waals surface area contributed by atoms with Crippen LogP contribution in [0.2, 0.25) is 0 Å². The maximum atomic E-state index is 12.6. The van der Waals surface area contributed by atoms with Gasteiger partial charge in [0.1, 0.15) is 6.29 Å². The van der Waals surface area contributed by atoms with Crippen molar-refractivity contribution in [3.8, 4) is 0 Å². The van der Waals surface area contributed by atoms with Crippen molar-refractivity contribution in [3.05, 3.63) is 44.5 Å². The number of fused-ring (bicyclic) bond motifs is 1. The Balaban J connectivity index is 2.80. The highest BCUT2D eigenvalue weighted by Gasteiger charge is 2.31. The number of aromatic amines is 1. The minimum atomic E-state index is -4.70. The van der Waals surface area contributed by atoms with E-state index in [1.807, 2.05) is 4.98 Å². The first-order valence-electron chi connectivity index (χ1n) is 5.38. The van der Waals surface area contributed by atoms with E-state index in [-0.39, 0.29) is 11.0 Å². The van der Waals surface area contributed by atoms with E-state index in [2.05, 4.69) is 0 Å². The van der Waals surface area contributed by atoms with Crippen LogP contribution in [-0.4, -0.2) is 19.3 Å². The Kier molecular flexibility index (Phi) is 3.56. The third kappa shape index (κ3) is 3.23. The summed E-state index contributed by atoms with van der Waals surface area (Å²) >= 11 is 0. The SMILES string of the molecule is O=c1[nH]c2cc(C(F)(F)F)ccc2n(CP(=O)(O)O)c1=O. The van der Waals surface area contributed by atoms with Crippen LogP contribution < -0.4 is 11.1 Å². The Morgan fingerprint density at radius 1 is 1.24 bits per heavy atom. The largest absolute Gasteiger partial charge is 0.416 e. The molecule has 0 fully saturated rings. The molecule has 1 aromatic heterocycles.